The van der Waals surface area contributed by atoms with Crippen LogP contribution in [0.1, 0.15) is 6.92 Å². The second-order valence-electron chi connectivity index (χ2n) is 2.76. The molecular weight excluding hydrogens is 200 g/mol. The van der Waals surface area contributed by atoms with E-state index in [1.165, 1.54) is 6.33 Å². The Bertz CT molecular complexity index is 438. The molecule has 0 fully saturated rings. The minimum Gasteiger partial charge on any atom is -0.331 e. The fourth-order valence-electron chi connectivity index (χ4n) is 1.27. The predicted octanol–water partition coefficient (Wildman–Crippen LogP) is 2.01. The van der Waals surface area contributed by atoms with Crippen LogP contribution in [0.2, 0.25) is 5.15 Å². The number of halogens is 1. The topological polar surface area (TPSA) is 43.6 Å². The van der Waals surface area contributed by atoms with Gasteiger partial charge in [0.1, 0.15) is 17.3 Å². The van der Waals surface area contributed by atoms with Crippen molar-refractivity contribution in [1.29, 1.82) is 0 Å². The van der Waals surface area contributed by atoms with E-state index in [4.69, 9.17) is 11.6 Å². The summed E-state index contributed by atoms with van der Waals surface area (Å²) < 4.78 is 1.99. The Kier molecular flexibility index (Phi) is 2.45. The highest BCUT2D eigenvalue weighted by molar-refractivity contribution is 6.31. The van der Waals surface area contributed by atoms with E-state index in [9.17, 15) is 0 Å². The monoisotopic (exact) mass is 208 g/mol. The Balaban J connectivity index is 2.54. The standard InChI is InChI=1S/C9H9ClN4/c1-2-14-4-3-12-9(14)7-5-11-6-13-8(7)10/h3-6H,2H2,1H3. The van der Waals surface area contributed by atoms with E-state index in [2.05, 4.69) is 15.0 Å². The summed E-state index contributed by atoms with van der Waals surface area (Å²) in [5.41, 5.74) is 0.765. The van der Waals surface area contributed by atoms with E-state index in [0.717, 1.165) is 17.9 Å². The summed E-state index contributed by atoms with van der Waals surface area (Å²) in [6.45, 7) is 2.89. The first-order chi connectivity index (χ1) is 6.83. The van der Waals surface area contributed by atoms with Crippen LogP contribution in [-0.2, 0) is 6.54 Å². The van der Waals surface area contributed by atoms with Crippen molar-refractivity contribution < 1.29 is 0 Å². The second-order valence-corrected chi connectivity index (χ2v) is 3.12. The quantitative estimate of drug-likeness (QED) is 0.710. The van der Waals surface area contributed by atoms with Crippen LogP contribution in [0.15, 0.2) is 24.9 Å². The Hall–Kier alpha value is -1.42. The van der Waals surface area contributed by atoms with Gasteiger partial charge in [-0.2, -0.15) is 0 Å². The van der Waals surface area contributed by atoms with Gasteiger partial charge in [0.15, 0.2) is 0 Å². The highest BCUT2D eigenvalue weighted by Crippen LogP contribution is 2.22. The molecule has 0 saturated heterocycles. The van der Waals surface area contributed by atoms with Gasteiger partial charge in [-0.1, -0.05) is 11.6 Å². The minimum absolute atomic E-state index is 0.431. The molecule has 0 atom stereocenters. The second kappa shape index (κ2) is 3.75. The molecule has 0 aromatic carbocycles. The lowest BCUT2D eigenvalue weighted by Crippen LogP contribution is -1.97. The number of hydrogen-bond acceptors (Lipinski definition) is 3. The van der Waals surface area contributed by atoms with Gasteiger partial charge >= 0.3 is 0 Å². The fraction of sp³-hybridized carbons (Fsp3) is 0.222. The number of hydrogen-bond donors (Lipinski definition) is 0. The third kappa shape index (κ3) is 1.48. The fourth-order valence-corrected chi connectivity index (χ4v) is 1.45. The molecule has 2 rings (SSSR count). The zero-order valence-electron chi connectivity index (χ0n) is 7.68. The molecule has 72 valence electrons. The summed E-state index contributed by atoms with van der Waals surface area (Å²) in [5.74, 6) is 0.804. The van der Waals surface area contributed by atoms with Gasteiger partial charge in [-0.25, -0.2) is 15.0 Å². The predicted molar refractivity (Wildman–Crippen MR) is 53.9 cm³/mol. The van der Waals surface area contributed by atoms with Gasteiger partial charge in [0.05, 0.1) is 5.56 Å². The van der Waals surface area contributed by atoms with Crippen molar-refractivity contribution in [3.8, 4) is 11.4 Å². The van der Waals surface area contributed by atoms with Crippen LogP contribution in [0.25, 0.3) is 11.4 Å². The van der Waals surface area contributed by atoms with Gasteiger partial charge in [0.2, 0.25) is 0 Å². The molecule has 0 saturated carbocycles. The Labute approximate surface area is 86.6 Å². The number of aromatic nitrogens is 4. The summed E-state index contributed by atoms with van der Waals surface area (Å²) >= 11 is 5.94. The minimum atomic E-state index is 0.431. The van der Waals surface area contributed by atoms with Crippen LogP contribution in [0.3, 0.4) is 0 Å². The zero-order valence-corrected chi connectivity index (χ0v) is 8.44. The lowest BCUT2D eigenvalue weighted by molar-refractivity contribution is 0.770. The Morgan fingerprint density at radius 1 is 1.43 bits per heavy atom. The van der Waals surface area contributed by atoms with Gasteiger partial charge in [-0.3, -0.25) is 0 Å². The van der Waals surface area contributed by atoms with E-state index in [0.29, 0.717) is 5.15 Å². The van der Waals surface area contributed by atoms with Crippen LogP contribution >= 0.6 is 11.6 Å². The van der Waals surface area contributed by atoms with E-state index in [1.54, 1.807) is 12.4 Å². The first-order valence-electron chi connectivity index (χ1n) is 4.30. The molecule has 14 heavy (non-hydrogen) atoms. The molecule has 4 nitrogen and oxygen atoms in total. The van der Waals surface area contributed by atoms with E-state index < -0.39 is 0 Å². The molecule has 0 unspecified atom stereocenters. The van der Waals surface area contributed by atoms with Crippen molar-refractivity contribution in [2.45, 2.75) is 13.5 Å². The van der Waals surface area contributed by atoms with Crippen LogP contribution in [0.5, 0.6) is 0 Å². The molecule has 0 spiro atoms. The largest absolute Gasteiger partial charge is 0.331 e. The van der Waals surface area contributed by atoms with E-state index in [-0.39, 0.29) is 0 Å². The average Bonchev–Trinajstić information content (AvgIpc) is 2.66. The molecule has 2 aromatic heterocycles. The van der Waals surface area contributed by atoms with E-state index in [1.807, 2.05) is 17.7 Å². The van der Waals surface area contributed by atoms with Crippen molar-refractivity contribution in [3.05, 3.63) is 30.1 Å². The van der Waals surface area contributed by atoms with Gasteiger partial charge in [0.25, 0.3) is 0 Å². The number of imidazole rings is 1. The summed E-state index contributed by atoms with van der Waals surface area (Å²) in [7, 11) is 0. The molecule has 0 aliphatic heterocycles. The maximum Gasteiger partial charge on any atom is 0.144 e. The van der Waals surface area contributed by atoms with Crippen molar-refractivity contribution in [3.63, 3.8) is 0 Å². The zero-order chi connectivity index (χ0) is 9.97. The SMILES string of the molecule is CCn1ccnc1-c1cncnc1Cl. The van der Waals surface area contributed by atoms with Crippen LogP contribution in [-0.4, -0.2) is 19.5 Å². The van der Waals surface area contributed by atoms with Crippen molar-refractivity contribution in [2.24, 2.45) is 0 Å². The first kappa shape index (κ1) is 9.15. The average molecular weight is 209 g/mol. The summed E-state index contributed by atoms with van der Waals surface area (Å²) in [4.78, 5) is 12.1. The maximum atomic E-state index is 5.94. The van der Waals surface area contributed by atoms with Gasteiger partial charge in [-0.15, -0.1) is 0 Å². The lowest BCUT2D eigenvalue weighted by Gasteiger charge is -2.04. The van der Waals surface area contributed by atoms with Gasteiger partial charge in [-0.05, 0) is 6.92 Å². The third-order valence-corrected chi connectivity index (χ3v) is 2.26. The molecule has 0 bridgehead atoms. The maximum absolute atomic E-state index is 5.94. The van der Waals surface area contributed by atoms with Crippen molar-refractivity contribution in [1.82, 2.24) is 19.5 Å². The van der Waals surface area contributed by atoms with Gasteiger partial charge < -0.3 is 4.57 Å². The third-order valence-electron chi connectivity index (χ3n) is 1.96. The van der Waals surface area contributed by atoms with Crippen molar-refractivity contribution >= 4 is 11.6 Å². The molecular formula is C9H9ClN4. The summed E-state index contributed by atoms with van der Waals surface area (Å²) in [5, 5.41) is 0.431. The lowest BCUT2D eigenvalue weighted by atomic mass is 10.3. The van der Waals surface area contributed by atoms with Crippen LogP contribution in [0, 0.1) is 0 Å². The normalized spacial score (nSPS) is 10.4. The van der Waals surface area contributed by atoms with E-state index >= 15 is 0 Å². The molecule has 0 amide bonds. The number of aryl methyl sites for hydroxylation is 1. The molecule has 5 heteroatoms. The molecule has 0 aliphatic carbocycles. The van der Waals surface area contributed by atoms with Crippen LogP contribution < -0.4 is 0 Å². The summed E-state index contributed by atoms with van der Waals surface area (Å²) in [6, 6.07) is 0. The van der Waals surface area contributed by atoms with Crippen LogP contribution in [0.4, 0.5) is 0 Å². The molecule has 0 radical (unpaired) electrons. The summed E-state index contributed by atoms with van der Waals surface area (Å²) in [6.07, 6.45) is 6.73. The molecule has 2 heterocycles. The number of nitrogens with zero attached hydrogens (tertiary/aromatic N) is 4. The highest BCUT2D eigenvalue weighted by atomic mass is 35.5. The molecule has 2 aromatic rings. The van der Waals surface area contributed by atoms with Crippen molar-refractivity contribution in [2.75, 3.05) is 0 Å². The smallest absolute Gasteiger partial charge is 0.144 e. The molecule has 0 aliphatic rings. The first-order valence-corrected chi connectivity index (χ1v) is 4.67. The number of rotatable bonds is 2. The highest BCUT2D eigenvalue weighted by Gasteiger charge is 2.09. The Morgan fingerprint density at radius 3 is 3.00 bits per heavy atom. The Morgan fingerprint density at radius 2 is 2.29 bits per heavy atom. The van der Waals surface area contributed by atoms with Gasteiger partial charge in [0, 0.05) is 25.1 Å². The molecule has 0 N–H and O–H groups in total.